The van der Waals surface area contributed by atoms with Gasteiger partial charge in [-0.05, 0) is 6.92 Å². The number of carbonyl (C=O) groups excluding carboxylic acids is 2. The molecule has 0 saturated heterocycles. The molecule has 2 amide bonds. The van der Waals surface area contributed by atoms with E-state index in [1.807, 2.05) is 0 Å². The molecule has 0 aromatic rings. The number of nitrogens with two attached hydrogens (primary N) is 1. The Labute approximate surface area is 89.5 Å². The summed E-state index contributed by atoms with van der Waals surface area (Å²) in [5.41, 5.74) is 4.87. The molecule has 0 saturated carbocycles. The maximum atomic E-state index is 11.2. The second kappa shape index (κ2) is 8.05. The average molecular weight is 217 g/mol. The Bertz CT molecular complexity index is 209. The predicted molar refractivity (Wildman–Crippen MR) is 56.3 cm³/mol. The van der Waals surface area contributed by atoms with Crippen molar-refractivity contribution in [3.8, 4) is 0 Å². The Balaban J connectivity index is 3.42. The number of rotatable bonds is 7. The zero-order chi connectivity index (χ0) is 11.7. The van der Waals surface area contributed by atoms with Crippen LogP contribution in [0.1, 0.15) is 13.8 Å². The molecule has 0 aliphatic carbocycles. The highest BCUT2D eigenvalue weighted by atomic mass is 16.5. The van der Waals surface area contributed by atoms with Gasteiger partial charge < -0.3 is 21.1 Å². The van der Waals surface area contributed by atoms with E-state index in [0.29, 0.717) is 26.2 Å². The Morgan fingerprint density at radius 3 is 2.60 bits per heavy atom. The van der Waals surface area contributed by atoms with E-state index in [-0.39, 0.29) is 11.9 Å². The van der Waals surface area contributed by atoms with Gasteiger partial charge in [0.15, 0.2) is 0 Å². The van der Waals surface area contributed by atoms with Crippen LogP contribution < -0.4 is 16.4 Å². The highest BCUT2D eigenvalue weighted by Gasteiger charge is 2.12. The van der Waals surface area contributed by atoms with E-state index >= 15 is 0 Å². The Morgan fingerprint density at radius 2 is 2.07 bits per heavy atom. The summed E-state index contributed by atoms with van der Waals surface area (Å²) in [5, 5.41) is 5.44. The van der Waals surface area contributed by atoms with Crippen LogP contribution >= 0.6 is 0 Å². The van der Waals surface area contributed by atoms with E-state index in [9.17, 15) is 9.59 Å². The maximum absolute atomic E-state index is 11.2. The molecule has 0 aromatic carbocycles. The molecule has 0 heterocycles. The van der Waals surface area contributed by atoms with Crippen molar-refractivity contribution < 1.29 is 14.3 Å². The van der Waals surface area contributed by atoms with Gasteiger partial charge in [-0.2, -0.15) is 0 Å². The van der Waals surface area contributed by atoms with Gasteiger partial charge in [-0.1, -0.05) is 6.92 Å². The molecule has 1 atom stereocenters. The SMILES string of the molecule is CCOC(=O)C(C)CNCCNC(N)=O. The fourth-order valence-electron chi connectivity index (χ4n) is 0.961. The minimum Gasteiger partial charge on any atom is -0.466 e. The molecule has 0 aliphatic rings. The van der Waals surface area contributed by atoms with Crippen molar-refractivity contribution >= 4 is 12.0 Å². The van der Waals surface area contributed by atoms with Crippen LogP contribution in [0.15, 0.2) is 0 Å². The Kier molecular flexibility index (Phi) is 7.35. The van der Waals surface area contributed by atoms with Crippen LogP contribution in [0.5, 0.6) is 0 Å². The Morgan fingerprint density at radius 1 is 1.40 bits per heavy atom. The number of hydrogen-bond donors (Lipinski definition) is 3. The third-order valence-electron chi connectivity index (χ3n) is 1.74. The number of primary amides is 1. The molecule has 0 rings (SSSR count). The standard InChI is InChI=1S/C9H19N3O3/c1-3-15-8(13)7(2)6-11-4-5-12-9(10)14/h7,11H,3-6H2,1-2H3,(H3,10,12,14). The number of carbonyl (C=O) groups is 2. The summed E-state index contributed by atoms with van der Waals surface area (Å²) in [6, 6.07) is -0.546. The molecular weight excluding hydrogens is 198 g/mol. The number of esters is 1. The van der Waals surface area contributed by atoms with Crippen LogP contribution in [-0.4, -0.2) is 38.2 Å². The largest absolute Gasteiger partial charge is 0.466 e. The lowest BCUT2D eigenvalue weighted by Crippen LogP contribution is -2.37. The van der Waals surface area contributed by atoms with Crippen molar-refractivity contribution in [1.82, 2.24) is 10.6 Å². The topological polar surface area (TPSA) is 93.4 Å². The number of urea groups is 1. The van der Waals surface area contributed by atoms with Crippen molar-refractivity contribution in [3.05, 3.63) is 0 Å². The van der Waals surface area contributed by atoms with E-state index < -0.39 is 6.03 Å². The summed E-state index contributed by atoms with van der Waals surface area (Å²) in [5.74, 6) is -0.397. The zero-order valence-electron chi connectivity index (χ0n) is 9.21. The molecule has 0 bridgehead atoms. The summed E-state index contributed by atoms with van der Waals surface area (Å²) in [6.45, 7) is 5.50. The monoisotopic (exact) mass is 217 g/mol. The van der Waals surface area contributed by atoms with Crippen LogP contribution in [-0.2, 0) is 9.53 Å². The number of amides is 2. The lowest BCUT2D eigenvalue weighted by Gasteiger charge is -2.11. The number of nitrogens with one attached hydrogen (secondary N) is 2. The molecule has 88 valence electrons. The fourth-order valence-corrected chi connectivity index (χ4v) is 0.961. The van der Waals surface area contributed by atoms with Crippen molar-refractivity contribution in [2.75, 3.05) is 26.2 Å². The Hall–Kier alpha value is -1.30. The van der Waals surface area contributed by atoms with Crippen molar-refractivity contribution in [2.45, 2.75) is 13.8 Å². The first-order valence-corrected chi connectivity index (χ1v) is 4.98. The molecule has 0 aliphatic heterocycles. The number of ether oxygens (including phenoxy) is 1. The van der Waals surface area contributed by atoms with Crippen molar-refractivity contribution in [2.24, 2.45) is 11.7 Å². The first-order chi connectivity index (χ1) is 7.07. The molecule has 6 heteroatoms. The third kappa shape index (κ3) is 7.75. The van der Waals surface area contributed by atoms with E-state index in [1.54, 1.807) is 13.8 Å². The van der Waals surface area contributed by atoms with E-state index in [2.05, 4.69) is 10.6 Å². The van der Waals surface area contributed by atoms with Crippen molar-refractivity contribution in [1.29, 1.82) is 0 Å². The van der Waals surface area contributed by atoms with Crippen LogP contribution in [0.4, 0.5) is 4.79 Å². The highest BCUT2D eigenvalue weighted by molar-refractivity contribution is 5.72. The van der Waals surface area contributed by atoms with E-state index in [0.717, 1.165) is 0 Å². The van der Waals surface area contributed by atoms with Gasteiger partial charge in [0.05, 0.1) is 12.5 Å². The normalized spacial score (nSPS) is 11.9. The van der Waals surface area contributed by atoms with Gasteiger partial charge in [-0.3, -0.25) is 4.79 Å². The van der Waals surface area contributed by atoms with Crippen LogP contribution in [0.3, 0.4) is 0 Å². The zero-order valence-corrected chi connectivity index (χ0v) is 9.21. The third-order valence-corrected chi connectivity index (χ3v) is 1.74. The summed E-state index contributed by atoms with van der Waals surface area (Å²) < 4.78 is 4.83. The molecule has 0 spiro atoms. The minimum atomic E-state index is -0.546. The first kappa shape index (κ1) is 13.7. The van der Waals surface area contributed by atoms with Crippen LogP contribution in [0, 0.1) is 5.92 Å². The second-order valence-corrected chi connectivity index (χ2v) is 3.15. The van der Waals surface area contributed by atoms with Gasteiger partial charge in [0.25, 0.3) is 0 Å². The van der Waals surface area contributed by atoms with Gasteiger partial charge in [0, 0.05) is 19.6 Å². The van der Waals surface area contributed by atoms with Gasteiger partial charge in [-0.25, -0.2) is 4.79 Å². The lowest BCUT2D eigenvalue weighted by molar-refractivity contribution is -0.147. The molecule has 0 fully saturated rings. The lowest BCUT2D eigenvalue weighted by atomic mass is 10.2. The quantitative estimate of drug-likeness (QED) is 0.394. The van der Waals surface area contributed by atoms with E-state index in [1.165, 1.54) is 0 Å². The van der Waals surface area contributed by atoms with E-state index in [4.69, 9.17) is 10.5 Å². The first-order valence-electron chi connectivity index (χ1n) is 4.98. The predicted octanol–water partition coefficient (Wildman–Crippen LogP) is -0.556. The molecule has 0 radical (unpaired) electrons. The molecular formula is C9H19N3O3. The van der Waals surface area contributed by atoms with Gasteiger partial charge in [0.1, 0.15) is 0 Å². The smallest absolute Gasteiger partial charge is 0.312 e. The highest BCUT2D eigenvalue weighted by Crippen LogP contribution is 1.95. The average Bonchev–Trinajstić information content (AvgIpc) is 2.16. The summed E-state index contributed by atoms with van der Waals surface area (Å²) in [6.07, 6.45) is 0. The van der Waals surface area contributed by atoms with Crippen LogP contribution in [0.25, 0.3) is 0 Å². The van der Waals surface area contributed by atoms with Gasteiger partial charge >= 0.3 is 12.0 Å². The van der Waals surface area contributed by atoms with Crippen LogP contribution in [0.2, 0.25) is 0 Å². The summed E-state index contributed by atoms with van der Waals surface area (Å²) in [4.78, 5) is 21.5. The molecule has 4 N–H and O–H groups in total. The molecule has 0 aromatic heterocycles. The summed E-state index contributed by atoms with van der Waals surface area (Å²) in [7, 11) is 0. The molecule has 15 heavy (non-hydrogen) atoms. The van der Waals surface area contributed by atoms with Gasteiger partial charge in [-0.15, -0.1) is 0 Å². The summed E-state index contributed by atoms with van der Waals surface area (Å²) >= 11 is 0. The number of hydrogen-bond acceptors (Lipinski definition) is 4. The maximum Gasteiger partial charge on any atom is 0.312 e. The fraction of sp³-hybridized carbons (Fsp3) is 0.778. The second-order valence-electron chi connectivity index (χ2n) is 3.15. The van der Waals surface area contributed by atoms with Crippen molar-refractivity contribution in [3.63, 3.8) is 0 Å². The molecule has 6 nitrogen and oxygen atoms in total. The molecule has 1 unspecified atom stereocenters. The minimum absolute atomic E-state index is 0.182. The van der Waals surface area contributed by atoms with Gasteiger partial charge in [0.2, 0.25) is 0 Å².